The van der Waals surface area contributed by atoms with Gasteiger partial charge in [-0.2, -0.15) is 0 Å². The number of amides is 1. The fraction of sp³-hybridized carbons (Fsp3) is 0.526. The molecule has 1 aliphatic rings. The molecule has 1 aromatic carbocycles. The number of fused-ring (bicyclic) bond motifs is 1. The maximum Gasteiger partial charge on any atom is 0.412 e. The fourth-order valence-corrected chi connectivity index (χ4v) is 3.16. The van der Waals surface area contributed by atoms with E-state index in [0.717, 1.165) is 17.8 Å². The molecule has 0 saturated heterocycles. The third kappa shape index (κ3) is 3.87. The maximum absolute atomic E-state index is 11.9. The number of nitrogens with zero attached hydrogens (tertiary/aromatic N) is 1. The number of benzene rings is 1. The molecule has 0 aliphatic carbocycles. The Bertz CT molecular complexity index is 639. The predicted molar refractivity (Wildman–Crippen MR) is 97.0 cm³/mol. The van der Waals surface area contributed by atoms with E-state index in [-0.39, 0.29) is 5.54 Å². The van der Waals surface area contributed by atoms with E-state index in [2.05, 4.69) is 50.1 Å². The van der Waals surface area contributed by atoms with Crippen LogP contribution in [0.5, 0.6) is 0 Å². The summed E-state index contributed by atoms with van der Waals surface area (Å²) in [4.78, 5) is 14.3. The van der Waals surface area contributed by atoms with E-state index in [9.17, 15) is 4.79 Å². The van der Waals surface area contributed by atoms with Crippen LogP contribution in [0.3, 0.4) is 0 Å². The first-order chi connectivity index (χ1) is 10.5. The number of carbonyl (C=O) groups is 1. The Morgan fingerprint density at radius 3 is 2.52 bits per heavy atom. The molecule has 126 valence electrons. The first-order valence-corrected chi connectivity index (χ1v) is 8.15. The number of ether oxygens (including phenoxy) is 1. The highest BCUT2D eigenvalue weighted by molar-refractivity contribution is 5.89. The molecule has 0 unspecified atom stereocenters. The quantitative estimate of drug-likeness (QED) is 0.829. The topological polar surface area (TPSA) is 41.6 Å². The number of carbonyl (C=O) groups excluding carboxylic acids is 1. The van der Waals surface area contributed by atoms with Gasteiger partial charge in [-0.15, -0.1) is 0 Å². The second-order valence-electron chi connectivity index (χ2n) is 7.58. The van der Waals surface area contributed by atoms with Crippen molar-refractivity contribution in [2.24, 2.45) is 0 Å². The van der Waals surface area contributed by atoms with E-state index >= 15 is 0 Å². The smallest absolute Gasteiger partial charge is 0.412 e. The normalized spacial score (nSPS) is 16.5. The molecule has 4 nitrogen and oxygen atoms in total. The molecule has 1 amide bonds. The van der Waals surface area contributed by atoms with Gasteiger partial charge < -0.3 is 9.64 Å². The molecule has 1 aromatic rings. The Morgan fingerprint density at radius 1 is 1.30 bits per heavy atom. The van der Waals surface area contributed by atoms with Crippen molar-refractivity contribution in [3.8, 4) is 0 Å². The van der Waals surface area contributed by atoms with Gasteiger partial charge in [-0.1, -0.05) is 6.08 Å². The summed E-state index contributed by atoms with van der Waals surface area (Å²) in [5.74, 6) is 0. The number of likely N-dealkylation sites (N-methyl/N-ethyl adjacent to an activating group) is 1. The van der Waals surface area contributed by atoms with Crippen molar-refractivity contribution in [2.45, 2.75) is 59.6 Å². The largest absolute Gasteiger partial charge is 0.444 e. The van der Waals surface area contributed by atoms with Gasteiger partial charge in [0.05, 0.1) is 5.54 Å². The van der Waals surface area contributed by atoms with Crippen LogP contribution in [-0.4, -0.2) is 23.8 Å². The Labute approximate surface area is 139 Å². The summed E-state index contributed by atoms with van der Waals surface area (Å²) >= 11 is 0. The summed E-state index contributed by atoms with van der Waals surface area (Å²) in [5, 5.41) is 2.82. The van der Waals surface area contributed by atoms with Crippen molar-refractivity contribution in [3.05, 3.63) is 29.8 Å². The Balaban J connectivity index is 2.30. The average Bonchev–Trinajstić information content (AvgIpc) is 2.36. The Morgan fingerprint density at radius 2 is 1.96 bits per heavy atom. The minimum atomic E-state index is -0.503. The van der Waals surface area contributed by atoms with Crippen LogP contribution in [0.25, 0.3) is 5.57 Å². The number of nitrogens with one attached hydrogen (secondary N) is 1. The molecule has 0 bridgehead atoms. The molecule has 1 heterocycles. The van der Waals surface area contributed by atoms with Gasteiger partial charge in [-0.05, 0) is 72.2 Å². The monoisotopic (exact) mass is 316 g/mol. The second kappa shape index (κ2) is 5.91. The highest BCUT2D eigenvalue weighted by Crippen LogP contribution is 2.39. The lowest BCUT2D eigenvalue weighted by Gasteiger charge is -2.42. The van der Waals surface area contributed by atoms with Gasteiger partial charge in [0.1, 0.15) is 5.60 Å². The number of hydrogen-bond acceptors (Lipinski definition) is 3. The molecule has 2 rings (SSSR count). The molecule has 1 aliphatic heterocycles. The summed E-state index contributed by atoms with van der Waals surface area (Å²) < 4.78 is 5.31. The first-order valence-electron chi connectivity index (χ1n) is 8.15. The van der Waals surface area contributed by atoms with Crippen LogP contribution < -0.4 is 10.2 Å². The van der Waals surface area contributed by atoms with E-state index in [4.69, 9.17) is 4.74 Å². The van der Waals surface area contributed by atoms with Gasteiger partial charge in [0.15, 0.2) is 0 Å². The third-order valence-electron chi connectivity index (χ3n) is 3.94. The van der Waals surface area contributed by atoms with Crippen LogP contribution in [0.4, 0.5) is 16.2 Å². The molecule has 0 saturated carbocycles. The number of anilines is 2. The van der Waals surface area contributed by atoms with Crippen LogP contribution in [0, 0.1) is 0 Å². The van der Waals surface area contributed by atoms with E-state index in [1.54, 1.807) is 0 Å². The van der Waals surface area contributed by atoms with Crippen LogP contribution in [-0.2, 0) is 4.74 Å². The van der Waals surface area contributed by atoms with Crippen molar-refractivity contribution in [1.82, 2.24) is 0 Å². The zero-order valence-corrected chi connectivity index (χ0v) is 15.3. The number of allylic oxidation sites excluding steroid dienone is 1. The SMILES string of the molecule is CCN1c2ccc(NC(=O)OC(C)(C)C)cc2C(C)=CC1(C)C. The van der Waals surface area contributed by atoms with Crippen LogP contribution in [0.1, 0.15) is 54.0 Å². The number of hydrogen-bond donors (Lipinski definition) is 1. The zero-order chi connectivity index (χ0) is 17.4. The predicted octanol–water partition coefficient (Wildman–Crippen LogP) is 5.06. The molecule has 1 N–H and O–H groups in total. The van der Waals surface area contributed by atoms with Crippen molar-refractivity contribution >= 4 is 23.0 Å². The summed E-state index contributed by atoms with van der Waals surface area (Å²) in [7, 11) is 0. The van der Waals surface area contributed by atoms with Crippen molar-refractivity contribution in [3.63, 3.8) is 0 Å². The van der Waals surface area contributed by atoms with Crippen LogP contribution >= 0.6 is 0 Å². The van der Waals surface area contributed by atoms with Gasteiger partial charge >= 0.3 is 6.09 Å². The Hall–Kier alpha value is -1.97. The second-order valence-corrected chi connectivity index (χ2v) is 7.58. The Kier molecular flexibility index (Phi) is 4.47. The summed E-state index contributed by atoms with van der Waals surface area (Å²) in [6.45, 7) is 15.2. The van der Waals surface area contributed by atoms with Gasteiger partial charge in [-0.3, -0.25) is 5.32 Å². The highest BCUT2D eigenvalue weighted by Gasteiger charge is 2.30. The van der Waals surface area contributed by atoms with Gasteiger partial charge in [0, 0.05) is 23.5 Å². The minimum absolute atomic E-state index is 0.00799. The molecule has 23 heavy (non-hydrogen) atoms. The lowest BCUT2D eigenvalue weighted by molar-refractivity contribution is 0.0636. The summed E-state index contributed by atoms with van der Waals surface area (Å²) in [6.07, 6.45) is 1.85. The molecular weight excluding hydrogens is 288 g/mol. The van der Waals surface area contributed by atoms with E-state index in [0.29, 0.717) is 0 Å². The molecule has 0 spiro atoms. The van der Waals surface area contributed by atoms with Gasteiger partial charge in [0.2, 0.25) is 0 Å². The lowest BCUT2D eigenvalue weighted by atomic mass is 9.88. The summed E-state index contributed by atoms with van der Waals surface area (Å²) in [6, 6.07) is 6.02. The first kappa shape index (κ1) is 17.4. The van der Waals surface area contributed by atoms with Crippen LogP contribution in [0.15, 0.2) is 24.3 Å². The minimum Gasteiger partial charge on any atom is -0.444 e. The van der Waals surface area contributed by atoms with E-state index in [1.807, 2.05) is 32.9 Å². The lowest BCUT2D eigenvalue weighted by Crippen LogP contribution is -2.44. The summed E-state index contributed by atoms with van der Waals surface area (Å²) in [5.41, 5.74) is 3.82. The van der Waals surface area contributed by atoms with Gasteiger partial charge in [0.25, 0.3) is 0 Å². The van der Waals surface area contributed by atoms with E-state index < -0.39 is 11.7 Å². The fourth-order valence-electron chi connectivity index (χ4n) is 3.16. The third-order valence-corrected chi connectivity index (χ3v) is 3.94. The standard InChI is InChI=1S/C19H28N2O2/c1-8-21-16-10-9-14(20-17(22)23-18(3,4)5)11-15(16)13(2)12-19(21,6)7/h9-12H,8H2,1-7H3,(H,20,22). The molecule has 0 aromatic heterocycles. The van der Waals surface area contributed by atoms with Crippen molar-refractivity contribution in [1.29, 1.82) is 0 Å². The molecule has 0 radical (unpaired) electrons. The number of rotatable bonds is 2. The maximum atomic E-state index is 11.9. The van der Waals surface area contributed by atoms with Crippen LogP contribution in [0.2, 0.25) is 0 Å². The highest BCUT2D eigenvalue weighted by atomic mass is 16.6. The van der Waals surface area contributed by atoms with Crippen molar-refractivity contribution < 1.29 is 9.53 Å². The average molecular weight is 316 g/mol. The van der Waals surface area contributed by atoms with Gasteiger partial charge in [-0.25, -0.2) is 4.79 Å². The zero-order valence-electron chi connectivity index (χ0n) is 15.3. The van der Waals surface area contributed by atoms with Crippen molar-refractivity contribution in [2.75, 3.05) is 16.8 Å². The molecule has 0 fully saturated rings. The molecule has 4 heteroatoms. The molecular formula is C19H28N2O2. The molecule has 0 atom stereocenters. The van der Waals surface area contributed by atoms with E-state index in [1.165, 1.54) is 11.3 Å².